The highest BCUT2D eigenvalue weighted by Gasteiger charge is 1.99. The molecule has 0 saturated carbocycles. The first-order chi connectivity index (χ1) is 5.81. The second-order valence-electron chi connectivity index (χ2n) is 2.39. The number of halogens is 1. The molecule has 0 aromatic carbocycles. The Labute approximate surface area is 77.2 Å². The summed E-state index contributed by atoms with van der Waals surface area (Å²) < 4.78 is 2.66. The van der Waals surface area contributed by atoms with Crippen LogP contribution in [-0.2, 0) is 0 Å². The molecule has 4 heteroatoms. The Kier molecular flexibility index (Phi) is 1.69. The minimum atomic E-state index is 0.640. The number of pyridine rings is 1. The van der Waals surface area contributed by atoms with Gasteiger partial charge in [-0.15, -0.1) is 0 Å². The van der Waals surface area contributed by atoms with Crippen LogP contribution in [0, 0.1) is 0 Å². The van der Waals surface area contributed by atoms with Gasteiger partial charge in [0.2, 0.25) is 0 Å². The van der Waals surface area contributed by atoms with Crippen molar-refractivity contribution >= 4 is 27.9 Å². The number of hydrogen-bond acceptors (Lipinski definition) is 2. The summed E-state index contributed by atoms with van der Waals surface area (Å²) in [6, 6.07) is 3.54. The average Bonchev–Trinajstić information content (AvgIpc) is 2.47. The molecule has 2 heterocycles. The minimum Gasteiger partial charge on any atom is -0.298 e. The zero-order chi connectivity index (χ0) is 8.55. The van der Waals surface area contributed by atoms with Gasteiger partial charge in [-0.2, -0.15) is 0 Å². The lowest BCUT2D eigenvalue weighted by atomic mass is 10.3. The highest BCUT2D eigenvalue weighted by atomic mass is 79.9. The summed E-state index contributed by atoms with van der Waals surface area (Å²) in [5.41, 5.74) is 1.47. The molecular weight excluding hydrogens is 220 g/mol. The van der Waals surface area contributed by atoms with Crippen molar-refractivity contribution in [3.63, 3.8) is 0 Å². The van der Waals surface area contributed by atoms with Crippen molar-refractivity contribution in [3.05, 3.63) is 34.7 Å². The SMILES string of the molecule is O=Cc1ccc2ncc(Br)n2c1. The van der Waals surface area contributed by atoms with Gasteiger partial charge < -0.3 is 0 Å². The molecule has 0 aliphatic rings. The van der Waals surface area contributed by atoms with Gasteiger partial charge in [0.05, 0.1) is 6.20 Å². The Morgan fingerprint density at radius 1 is 1.50 bits per heavy atom. The molecule has 60 valence electrons. The van der Waals surface area contributed by atoms with E-state index in [1.54, 1.807) is 24.5 Å². The molecule has 0 aliphatic carbocycles. The van der Waals surface area contributed by atoms with Crippen molar-refractivity contribution in [2.75, 3.05) is 0 Å². The lowest BCUT2D eigenvalue weighted by Gasteiger charge is -1.94. The molecule has 0 N–H and O–H groups in total. The summed E-state index contributed by atoms with van der Waals surface area (Å²) in [6.45, 7) is 0. The summed E-state index contributed by atoms with van der Waals surface area (Å²) in [5, 5.41) is 0. The Morgan fingerprint density at radius 3 is 3.08 bits per heavy atom. The molecule has 0 atom stereocenters. The standard InChI is InChI=1S/C8H5BrN2O/c9-7-3-10-8-2-1-6(5-12)4-11(7)8/h1-5H. The number of hydrogen-bond donors (Lipinski definition) is 0. The zero-order valence-corrected chi connectivity index (χ0v) is 7.65. The highest BCUT2D eigenvalue weighted by Crippen LogP contribution is 2.12. The Bertz CT molecular complexity index is 436. The van der Waals surface area contributed by atoms with Crippen LogP contribution in [0.15, 0.2) is 29.1 Å². The first kappa shape index (κ1) is 7.49. The predicted molar refractivity (Wildman–Crippen MR) is 48.3 cm³/mol. The maximum Gasteiger partial charge on any atom is 0.151 e. The smallest absolute Gasteiger partial charge is 0.151 e. The van der Waals surface area contributed by atoms with E-state index in [0.29, 0.717) is 5.56 Å². The van der Waals surface area contributed by atoms with Crippen LogP contribution in [0.4, 0.5) is 0 Å². The molecule has 0 saturated heterocycles. The molecule has 0 amide bonds. The largest absolute Gasteiger partial charge is 0.298 e. The van der Waals surface area contributed by atoms with Gasteiger partial charge in [0.15, 0.2) is 6.29 Å². The van der Waals surface area contributed by atoms with Crippen LogP contribution in [-0.4, -0.2) is 15.7 Å². The van der Waals surface area contributed by atoms with Crippen LogP contribution in [0.5, 0.6) is 0 Å². The number of fused-ring (bicyclic) bond motifs is 1. The maximum absolute atomic E-state index is 10.4. The Hall–Kier alpha value is -1.16. The third-order valence-electron chi connectivity index (χ3n) is 1.62. The van der Waals surface area contributed by atoms with E-state index < -0.39 is 0 Å². The summed E-state index contributed by atoms with van der Waals surface area (Å²) in [4.78, 5) is 14.5. The number of carbonyl (C=O) groups excluding carboxylic acids is 1. The highest BCUT2D eigenvalue weighted by molar-refractivity contribution is 9.10. The van der Waals surface area contributed by atoms with Gasteiger partial charge in [-0.05, 0) is 28.1 Å². The van der Waals surface area contributed by atoms with Crippen molar-refractivity contribution in [1.29, 1.82) is 0 Å². The monoisotopic (exact) mass is 224 g/mol. The quantitative estimate of drug-likeness (QED) is 0.694. The second kappa shape index (κ2) is 2.71. The molecule has 2 rings (SSSR count). The van der Waals surface area contributed by atoms with E-state index in [4.69, 9.17) is 0 Å². The van der Waals surface area contributed by atoms with Gasteiger partial charge in [-0.1, -0.05) is 0 Å². The number of aldehydes is 1. The van der Waals surface area contributed by atoms with Crippen molar-refractivity contribution in [1.82, 2.24) is 9.38 Å². The molecule has 12 heavy (non-hydrogen) atoms. The molecule has 0 bridgehead atoms. The van der Waals surface area contributed by atoms with Crippen LogP contribution in [0.25, 0.3) is 5.65 Å². The van der Waals surface area contributed by atoms with E-state index in [1.807, 2.05) is 4.40 Å². The summed E-state index contributed by atoms with van der Waals surface area (Å²) >= 11 is 3.31. The summed E-state index contributed by atoms with van der Waals surface area (Å²) in [6.07, 6.45) is 4.25. The van der Waals surface area contributed by atoms with E-state index in [1.165, 1.54) is 0 Å². The third-order valence-corrected chi connectivity index (χ3v) is 2.21. The molecule has 2 aromatic heterocycles. The minimum absolute atomic E-state index is 0.640. The maximum atomic E-state index is 10.4. The van der Waals surface area contributed by atoms with Gasteiger partial charge in [-0.25, -0.2) is 4.98 Å². The van der Waals surface area contributed by atoms with Gasteiger partial charge in [0.1, 0.15) is 10.3 Å². The van der Waals surface area contributed by atoms with Crippen molar-refractivity contribution in [3.8, 4) is 0 Å². The molecule has 3 nitrogen and oxygen atoms in total. The molecular formula is C8H5BrN2O. The van der Waals surface area contributed by atoms with Crippen molar-refractivity contribution in [2.24, 2.45) is 0 Å². The van der Waals surface area contributed by atoms with Crippen molar-refractivity contribution in [2.45, 2.75) is 0 Å². The lowest BCUT2D eigenvalue weighted by molar-refractivity contribution is 0.112. The van der Waals surface area contributed by atoms with E-state index in [0.717, 1.165) is 16.5 Å². The normalized spacial score (nSPS) is 10.4. The van der Waals surface area contributed by atoms with E-state index in [-0.39, 0.29) is 0 Å². The number of carbonyl (C=O) groups is 1. The van der Waals surface area contributed by atoms with Crippen LogP contribution < -0.4 is 0 Å². The first-order valence-electron chi connectivity index (χ1n) is 3.39. The Balaban J connectivity index is 2.79. The number of aromatic nitrogens is 2. The van der Waals surface area contributed by atoms with Gasteiger partial charge in [0, 0.05) is 11.8 Å². The van der Waals surface area contributed by atoms with Gasteiger partial charge in [0.25, 0.3) is 0 Å². The predicted octanol–water partition coefficient (Wildman–Crippen LogP) is 1.91. The summed E-state index contributed by atoms with van der Waals surface area (Å²) in [5.74, 6) is 0. The van der Waals surface area contributed by atoms with Crippen LogP contribution >= 0.6 is 15.9 Å². The molecule has 0 fully saturated rings. The fourth-order valence-corrected chi connectivity index (χ4v) is 1.42. The van der Waals surface area contributed by atoms with E-state index in [2.05, 4.69) is 20.9 Å². The van der Waals surface area contributed by atoms with Crippen LogP contribution in [0.2, 0.25) is 0 Å². The number of imidazole rings is 1. The van der Waals surface area contributed by atoms with Gasteiger partial charge in [-0.3, -0.25) is 9.20 Å². The number of rotatable bonds is 1. The first-order valence-corrected chi connectivity index (χ1v) is 4.18. The molecule has 0 unspecified atom stereocenters. The fourth-order valence-electron chi connectivity index (χ4n) is 1.04. The lowest BCUT2D eigenvalue weighted by Crippen LogP contribution is -1.88. The summed E-state index contributed by atoms with van der Waals surface area (Å²) in [7, 11) is 0. The second-order valence-corrected chi connectivity index (χ2v) is 3.20. The fraction of sp³-hybridized carbons (Fsp3) is 0. The van der Waals surface area contributed by atoms with Crippen LogP contribution in [0.1, 0.15) is 10.4 Å². The number of nitrogens with zero attached hydrogens (tertiary/aromatic N) is 2. The van der Waals surface area contributed by atoms with Crippen molar-refractivity contribution < 1.29 is 4.79 Å². The topological polar surface area (TPSA) is 34.4 Å². The molecule has 0 aliphatic heterocycles. The van der Waals surface area contributed by atoms with Crippen LogP contribution in [0.3, 0.4) is 0 Å². The average molecular weight is 225 g/mol. The van der Waals surface area contributed by atoms with E-state index in [9.17, 15) is 4.79 Å². The molecule has 0 spiro atoms. The molecule has 0 radical (unpaired) electrons. The molecule has 2 aromatic rings. The van der Waals surface area contributed by atoms with Gasteiger partial charge >= 0.3 is 0 Å². The van der Waals surface area contributed by atoms with E-state index >= 15 is 0 Å². The zero-order valence-electron chi connectivity index (χ0n) is 6.07. The third kappa shape index (κ3) is 1.04. The Morgan fingerprint density at radius 2 is 2.33 bits per heavy atom.